The highest BCUT2D eigenvalue weighted by Gasteiger charge is 2.30. The van der Waals surface area contributed by atoms with Gasteiger partial charge in [-0.05, 0) is 35.9 Å². The fraction of sp³-hybridized carbons (Fsp3) is 0.192. The Morgan fingerprint density at radius 1 is 1.00 bits per heavy atom. The lowest BCUT2D eigenvalue weighted by Crippen LogP contribution is -2.35. The molecule has 3 heterocycles. The summed E-state index contributed by atoms with van der Waals surface area (Å²) in [6, 6.07) is 11.3. The van der Waals surface area contributed by atoms with E-state index in [1.165, 1.54) is 24.3 Å². The van der Waals surface area contributed by atoms with E-state index in [-0.39, 0.29) is 16.9 Å². The molecule has 36 heavy (non-hydrogen) atoms. The standard InChI is InChI=1S/C26H19F5N4O/c27-18-6-7-19(21(28)11-18)22-8-1-15(12-32-22)13-35-10-9-23-20(14-35)25(36)34-24(33-23)16-2-4-17(5-3-16)26(29,30)31/h1-8,11-12H,9-10,13-14H2,(H,33,34,36). The quantitative estimate of drug-likeness (QED) is 0.385. The number of aromatic nitrogens is 3. The Labute approximate surface area is 202 Å². The maximum absolute atomic E-state index is 14.0. The molecule has 5 nitrogen and oxygen atoms in total. The van der Waals surface area contributed by atoms with E-state index in [1.807, 2.05) is 4.90 Å². The number of rotatable bonds is 4. The number of nitrogens with zero attached hydrogens (tertiary/aromatic N) is 3. The van der Waals surface area contributed by atoms with Crippen LogP contribution in [-0.2, 0) is 25.7 Å². The average Bonchev–Trinajstić information content (AvgIpc) is 2.84. The van der Waals surface area contributed by atoms with Crippen LogP contribution < -0.4 is 5.56 Å². The van der Waals surface area contributed by atoms with Crippen LogP contribution in [0.1, 0.15) is 22.4 Å². The fourth-order valence-corrected chi connectivity index (χ4v) is 4.20. The Morgan fingerprint density at radius 2 is 1.78 bits per heavy atom. The predicted octanol–water partition coefficient (Wildman–Crippen LogP) is 5.35. The van der Waals surface area contributed by atoms with Crippen molar-refractivity contribution in [2.24, 2.45) is 0 Å². The Bertz CT molecular complexity index is 1460. The van der Waals surface area contributed by atoms with Crippen molar-refractivity contribution >= 4 is 0 Å². The van der Waals surface area contributed by atoms with Crippen LogP contribution in [-0.4, -0.2) is 26.4 Å². The number of aromatic amines is 1. The molecule has 0 unspecified atom stereocenters. The molecule has 0 radical (unpaired) electrons. The molecule has 1 N–H and O–H groups in total. The number of benzene rings is 2. The molecule has 0 bridgehead atoms. The molecule has 10 heteroatoms. The van der Waals surface area contributed by atoms with Crippen molar-refractivity contribution in [2.45, 2.75) is 25.7 Å². The van der Waals surface area contributed by atoms with Crippen molar-refractivity contribution in [3.05, 3.63) is 105 Å². The Hall–Kier alpha value is -3.92. The molecule has 0 saturated carbocycles. The summed E-state index contributed by atoms with van der Waals surface area (Å²) in [4.78, 5) is 26.3. The minimum Gasteiger partial charge on any atom is -0.306 e. The van der Waals surface area contributed by atoms with Crippen LogP contribution in [0, 0.1) is 11.6 Å². The van der Waals surface area contributed by atoms with Crippen LogP contribution in [0.15, 0.2) is 65.6 Å². The lowest BCUT2D eigenvalue weighted by atomic mass is 10.0. The molecule has 2 aromatic carbocycles. The first kappa shape index (κ1) is 23.8. The summed E-state index contributed by atoms with van der Waals surface area (Å²) >= 11 is 0. The first-order valence-corrected chi connectivity index (χ1v) is 11.1. The van der Waals surface area contributed by atoms with E-state index in [0.29, 0.717) is 48.6 Å². The monoisotopic (exact) mass is 498 g/mol. The number of nitrogens with one attached hydrogen (secondary N) is 1. The molecule has 0 atom stereocenters. The molecule has 0 amide bonds. The summed E-state index contributed by atoms with van der Waals surface area (Å²) in [5.41, 5.74) is 1.87. The third-order valence-electron chi connectivity index (χ3n) is 6.07. The molecule has 2 aromatic heterocycles. The van der Waals surface area contributed by atoms with Gasteiger partial charge in [0.05, 0.1) is 22.5 Å². The van der Waals surface area contributed by atoms with Crippen LogP contribution in [0.3, 0.4) is 0 Å². The highest BCUT2D eigenvalue weighted by molar-refractivity contribution is 5.60. The lowest BCUT2D eigenvalue weighted by molar-refractivity contribution is -0.137. The lowest BCUT2D eigenvalue weighted by Gasteiger charge is -2.27. The molecule has 1 aliphatic heterocycles. The largest absolute Gasteiger partial charge is 0.416 e. The van der Waals surface area contributed by atoms with E-state index in [0.717, 1.165) is 23.8 Å². The van der Waals surface area contributed by atoms with Gasteiger partial charge in [0.1, 0.15) is 17.5 Å². The van der Waals surface area contributed by atoms with Gasteiger partial charge < -0.3 is 4.98 Å². The van der Waals surface area contributed by atoms with Gasteiger partial charge in [-0.1, -0.05) is 18.2 Å². The van der Waals surface area contributed by atoms with Crippen LogP contribution in [0.4, 0.5) is 22.0 Å². The first-order chi connectivity index (χ1) is 17.2. The van der Waals surface area contributed by atoms with E-state index in [4.69, 9.17) is 0 Å². The predicted molar refractivity (Wildman–Crippen MR) is 123 cm³/mol. The van der Waals surface area contributed by atoms with E-state index in [9.17, 15) is 26.7 Å². The van der Waals surface area contributed by atoms with Gasteiger partial charge in [0, 0.05) is 49.4 Å². The number of halogens is 5. The van der Waals surface area contributed by atoms with Gasteiger partial charge in [-0.3, -0.25) is 14.7 Å². The second-order valence-electron chi connectivity index (χ2n) is 8.55. The van der Waals surface area contributed by atoms with Gasteiger partial charge in [0.25, 0.3) is 5.56 Å². The van der Waals surface area contributed by atoms with Gasteiger partial charge in [0.15, 0.2) is 0 Å². The minimum atomic E-state index is -4.44. The molecule has 5 rings (SSSR count). The van der Waals surface area contributed by atoms with E-state index >= 15 is 0 Å². The summed E-state index contributed by atoms with van der Waals surface area (Å²) in [6.45, 7) is 1.46. The van der Waals surface area contributed by atoms with E-state index in [1.54, 1.807) is 18.3 Å². The molecular weight excluding hydrogens is 479 g/mol. The van der Waals surface area contributed by atoms with Gasteiger partial charge in [-0.2, -0.15) is 13.2 Å². The second-order valence-corrected chi connectivity index (χ2v) is 8.55. The highest BCUT2D eigenvalue weighted by Crippen LogP contribution is 2.30. The zero-order valence-electron chi connectivity index (χ0n) is 18.7. The molecule has 184 valence electrons. The number of pyridine rings is 1. The molecule has 4 aromatic rings. The fourth-order valence-electron chi connectivity index (χ4n) is 4.20. The summed E-state index contributed by atoms with van der Waals surface area (Å²) in [7, 11) is 0. The SMILES string of the molecule is O=c1[nH]c(-c2ccc(C(F)(F)F)cc2)nc2c1CN(Cc1ccc(-c3ccc(F)cc3F)nc1)CC2. The molecule has 0 aliphatic carbocycles. The third kappa shape index (κ3) is 4.90. The smallest absolute Gasteiger partial charge is 0.306 e. The van der Waals surface area contributed by atoms with Gasteiger partial charge in [-0.25, -0.2) is 13.8 Å². The van der Waals surface area contributed by atoms with E-state index < -0.39 is 23.4 Å². The van der Waals surface area contributed by atoms with Crippen molar-refractivity contribution in [2.75, 3.05) is 6.54 Å². The van der Waals surface area contributed by atoms with Crippen molar-refractivity contribution in [3.63, 3.8) is 0 Å². The van der Waals surface area contributed by atoms with Crippen LogP contribution in [0.5, 0.6) is 0 Å². The van der Waals surface area contributed by atoms with E-state index in [2.05, 4.69) is 15.0 Å². The Morgan fingerprint density at radius 3 is 2.44 bits per heavy atom. The zero-order chi connectivity index (χ0) is 25.4. The minimum absolute atomic E-state index is 0.205. The highest BCUT2D eigenvalue weighted by atomic mass is 19.4. The third-order valence-corrected chi connectivity index (χ3v) is 6.07. The normalized spacial score (nSPS) is 14.0. The number of H-pyrrole nitrogens is 1. The molecule has 0 fully saturated rings. The summed E-state index contributed by atoms with van der Waals surface area (Å²) < 4.78 is 65.6. The Kier molecular flexibility index (Phi) is 6.13. The van der Waals surface area contributed by atoms with Crippen molar-refractivity contribution < 1.29 is 22.0 Å². The zero-order valence-corrected chi connectivity index (χ0v) is 18.7. The second kappa shape index (κ2) is 9.27. The van der Waals surface area contributed by atoms with Gasteiger partial charge in [0.2, 0.25) is 0 Å². The Balaban J connectivity index is 1.30. The van der Waals surface area contributed by atoms with Crippen LogP contribution >= 0.6 is 0 Å². The average molecular weight is 498 g/mol. The maximum Gasteiger partial charge on any atom is 0.416 e. The van der Waals surface area contributed by atoms with Crippen molar-refractivity contribution in [1.82, 2.24) is 19.9 Å². The number of alkyl halides is 3. The maximum atomic E-state index is 14.0. The molecule has 0 saturated heterocycles. The number of hydrogen-bond donors (Lipinski definition) is 1. The molecule has 1 aliphatic rings. The van der Waals surface area contributed by atoms with Crippen LogP contribution in [0.2, 0.25) is 0 Å². The number of hydrogen-bond acceptors (Lipinski definition) is 4. The summed E-state index contributed by atoms with van der Waals surface area (Å²) in [5.74, 6) is -1.12. The number of fused-ring (bicyclic) bond motifs is 1. The first-order valence-electron chi connectivity index (χ1n) is 11.1. The van der Waals surface area contributed by atoms with Crippen molar-refractivity contribution in [1.29, 1.82) is 0 Å². The van der Waals surface area contributed by atoms with Gasteiger partial charge >= 0.3 is 6.18 Å². The van der Waals surface area contributed by atoms with Crippen molar-refractivity contribution in [3.8, 4) is 22.6 Å². The van der Waals surface area contributed by atoms with Crippen LogP contribution in [0.25, 0.3) is 22.6 Å². The molecular formula is C26H19F5N4O. The topological polar surface area (TPSA) is 61.9 Å². The molecule has 0 spiro atoms. The summed E-state index contributed by atoms with van der Waals surface area (Å²) in [6.07, 6.45) is -2.32. The van der Waals surface area contributed by atoms with Gasteiger partial charge in [-0.15, -0.1) is 0 Å². The summed E-state index contributed by atoms with van der Waals surface area (Å²) in [5, 5.41) is 0.